The molecule has 0 aliphatic carbocycles. The molecule has 0 aliphatic heterocycles. The third-order valence-electron chi connectivity index (χ3n) is 2.63. The van der Waals surface area contributed by atoms with Gasteiger partial charge in [-0.2, -0.15) is 0 Å². The van der Waals surface area contributed by atoms with Gasteiger partial charge in [-0.25, -0.2) is 0 Å². The minimum atomic E-state index is -0.302. The summed E-state index contributed by atoms with van der Waals surface area (Å²) in [6.45, 7) is 2.16. The van der Waals surface area contributed by atoms with Gasteiger partial charge in [0.05, 0.1) is 13.3 Å². The zero-order valence-corrected chi connectivity index (χ0v) is 9.94. The number of aromatic nitrogens is 1. The Balaban J connectivity index is 2.49. The van der Waals surface area contributed by atoms with Gasteiger partial charge in [0.1, 0.15) is 5.92 Å². The molecule has 1 aromatic heterocycles. The van der Waals surface area contributed by atoms with Crippen LogP contribution in [0.5, 0.6) is 0 Å². The number of esters is 1. The van der Waals surface area contributed by atoms with E-state index in [1.807, 2.05) is 0 Å². The number of hydrogen-bond acceptors (Lipinski definition) is 4. The summed E-state index contributed by atoms with van der Waals surface area (Å²) in [6, 6.07) is 1.72. The molecule has 90 valence electrons. The van der Waals surface area contributed by atoms with Crippen molar-refractivity contribution in [2.45, 2.75) is 44.9 Å². The third-order valence-corrected chi connectivity index (χ3v) is 2.63. The first-order valence-corrected chi connectivity index (χ1v) is 5.78. The third kappa shape index (κ3) is 3.68. The van der Waals surface area contributed by atoms with E-state index in [2.05, 4.69) is 12.1 Å². The van der Waals surface area contributed by atoms with Crippen molar-refractivity contribution in [1.82, 2.24) is 5.16 Å². The second-order valence-corrected chi connectivity index (χ2v) is 3.84. The van der Waals surface area contributed by atoms with Gasteiger partial charge in [-0.3, -0.25) is 4.79 Å². The van der Waals surface area contributed by atoms with Crippen LogP contribution >= 0.6 is 0 Å². The summed E-state index contributed by atoms with van der Waals surface area (Å²) < 4.78 is 9.79. The normalized spacial score (nSPS) is 12.4. The molecule has 0 saturated heterocycles. The van der Waals surface area contributed by atoms with E-state index in [0.717, 1.165) is 19.3 Å². The van der Waals surface area contributed by atoms with Crippen LogP contribution in [0.25, 0.3) is 0 Å². The highest BCUT2D eigenvalue weighted by atomic mass is 16.5. The minimum absolute atomic E-state index is 0.242. The predicted octanol–water partition coefficient (Wildman–Crippen LogP) is 2.90. The molecular weight excluding hydrogens is 206 g/mol. The van der Waals surface area contributed by atoms with Crippen LogP contribution in [0.15, 0.2) is 16.8 Å². The summed E-state index contributed by atoms with van der Waals surface area (Å²) in [5.41, 5.74) is 0. The van der Waals surface area contributed by atoms with Gasteiger partial charge in [0.15, 0.2) is 5.76 Å². The number of carbonyl (C=O) groups is 1. The molecule has 1 aromatic rings. The average Bonchev–Trinajstić information content (AvgIpc) is 2.82. The van der Waals surface area contributed by atoms with Crippen molar-refractivity contribution in [2.24, 2.45) is 0 Å². The monoisotopic (exact) mass is 225 g/mol. The summed E-state index contributed by atoms with van der Waals surface area (Å²) in [5, 5.41) is 3.62. The van der Waals surface area contributed by atoms with Crippen LogP contribution in [0.3, 0.4) is 0 Å². The Morgan fingerprint density at radius 3 is 2.88 bits per heavy atom. The number of carbonyl (C=O) groups excluding carboxylic acids is 1. The van der Waals surface area contributed by atoms with E-state index in [9.17, 15) is 4.79 Å². The van der Waals surface area contributed by atoms with Crippen molar-refractivity contribution in [3.05, 3.63) is 18.0 Å². The smallest absolute Gasteiger partial charge is 0.316 e. The predicted molar refractivity (Wildman–Crippen MR) is 60.0 cm³/mol. The largest absolute Gasteiger partial charge is 0.468 e. The van der Waals surface area contributed by atoms with Gasteiger partial charge in [-0.15, -0.1) is 0 Å². The molecule has 1 atom stereocenters. The van der Waals surface area contributed by atoms with Crippen molar-refractivity contribution >= 4 is 5.97 Å². The van der Waals surface area contributed by atoms with Crippen LogP contribution in [0.2, 0.25) is 0 Å². The second kappa shape index (κ2) is 7.04. The lowest BCUT2D eigenvalue weighted by Crippen LogP contribution is -2.13. The summed E-state index contributed by atoms with van der Waals surface area (Å²) in [4.78, 5) is 11.6. The van der Waals surface area contributed by atoms with Crippen LogP contribution < -0.4 is 0 Å². The fourth-order valence-corrected chi connectivity index (χ4v) is 1.70. The maximum Gasteiger partial charge on any atom is 0.316 e. The van der Waals surface area contributed by atoms with Crippen molar-refractivity contribution in [1.29, 1.82) is 0 Å². The number of methoxy groups -OCH3 is 1. The fraction of sp³-hybridized carbons (Fsp3) is 0.667. The lowest BCUT2D eigenvalue weighted by Gasteiger charge is -2.10. The highest BCUT2D eigenvalue weighted by Crippen LogP contribution is 2.23. The topological polar surface area (TPSA) is 52.3 Å². The minimum Gasteiger partial charge on any atom is -0.468 e. The van der Waals surface area contributed by atoms with E-state index in [1.54, 1.807) is 12.3 Å². The van der Waals surface area contributed by atoms with Crippen LogP contribution in [0.1, 0.15) is 50.7 Å². The first-order chi connectivity index (χ1) is 7.79. The molecule has 0 aliphatic rings. The van der Waals surface area contributed by atoms with Crippen molar-refractivity contribution < 1.29 is 14.1 Å². The van der Waals surface area contributed by atoms with Gasteiger partial charge in [0.2, 0.25) is 0 Å². The molecule has 0 amide bonds. The summed E-state index contributed by atoms with van der Waals surface area (Å²) in [7, 11) is 1.40. The second-order valence-electron chi connectivity index (χ2n) is 3.84. The Kier molecular flexibility index (Phi) is 5.61. The summed E-state index contributed by atoms with van der Waals surface area (Å²) >= 11 is 0. The molecule has 4 nitrogen and oxygen atoms in total. The Bertz CT molecular complexity index is 295. The maximum absolute atomic E-state index is 11.6. The van der Waals surface area contributed by atoms with E-state index in [-0.39, 0.29) is 11.9 Å². The van der Waals surface area contributed by atoms with Crippen LogP contribution in [-0.4, -0.2) is 18.2 Å². The average molecular weight is 225 g/mol. The molecule has 0 aromatic carbocycles. The summed E-state index contributed by atoms with van der Waals surface area (Å²) in [6.07, 6.45) is 6.85. The first kappa shape index (κ1) is 12.7. The van der Waals surface area contributed by atoms with Crippen LogP contribution in [0.4, 0.5) is 0 Å². The van der Waals surface area contributed by atoms with Gasteiger partial charge >= 0.3 is 5.97 Å². The number of rotatable bonds is 7. The van der Waals surface area contributed by atoms with E-state index >= 15 is 0 Å². The zero-order valence-electron chi connectivity index (χ0n) is 9.94. The molecule has 0 bridgehead atoms. The Morgan fingerprint density at radius 2 is 2.31 bits per heavy atom. The Labute approximate surface area is 96.0 Å². The Morgan fingerprint density at radius 1 is 1.50 bits per heavy atom. The van der Waals surface area contributed by atoms with Gasteiger partial charge in [-0.1, -0.05) is 37.8 Å². The lowest BCUT2D eigenvalue weighted by molar-refractivity contribution is -0.143. The highest BCUT2D eigenvalue weighted by Gasteiger charge is 2.24. The number of nitrogens with zero attached hydrogens (tertiary/aromatic N) is 1. The number of hydrogen-bond donors (Lipinski definition) is 0. The van der Waals surface area contributed by atoms with Crippen LogP contribution in [-0.2, 0) is 9.53 Å². The van der Waals surface area contributed by atoms with E-state index in [0.29, 0.717) is 5.76 Å². The van der Waals surface area contributed by atoms with Gasteiger partial charge in [0.25, 0.3) is 0 Å². The van der Waals surface area contributed by atoms with Gasteiger partial charge in [0, 0.05) is 6.07 Å². The SMILES string of the molecule is CCCCCC[C@@H](C(=O)OC)c1ccno1. The maximum atomic E-state index is 11.6. The Hall–Kier alpha value is -1.32. The first-order valence-electron chi connectivity index (χ1n) is 5.78. The summed E-state index contributed by atoms with van der Waals surface area (Å²) in [5.74, 6) is 0.0564. The molecule has 0 fully saturated rings. The molecule has 16 heavy (non-hydrogen) atoms. The van der Waals surface area contributed by atoms with Crippen molar-refractivity contribution in [3.63, 3.8) is 0 Å². The molecular formula is C12H19NO3. The lowest BCUT2D eigenvalue weighted by atomic mass is 9.98. The number of ether oxygens (including phenoxy) is 1. The van der Waals surface area contributed by atoms with Crippen molar-refractivity contribution in [3.8, 4) is 0 Å². The number of unbranched alkanes of at least 4 members (excludes halogenated alkanes) is 3. The highest BCUT2D eigenvalue weighted by molar-refractivity contribution is 5.77. The fourth-order valence-electron chi connectivity index (χ4n) is 1.70. The molecule has 0 unspecified atom stereocenters. The molecule has 0 N–H and O–H groups in total. The molecule has 4 heteroatoms. The van der Waals surface area contributed by atoms with Crippen LogP contribution in [0, 0.1) is 0 Å². The van der Waals surface area contributed by atoms with E-state index < -0.39 is 0 Å². The van der Waals surface area contributed by atoms with Gasteiger partial charge < -0.3 is 9.26 Å². The van der Waals surface area contributed by atoms with E-state index in [1.165, 1.54) is 20.0 Å². The van der Waals surface area contributed by atoms with Crippen molar-refractivity contribution in [2.75, 3.05) is 7.11 Å². The molecule has 1 heterocycles. The molecule has 0 radical (unpaired) electrons. The van der Waals surface area contributed by atoms with Gasteiger partial charge in [-0.05, 0) is 6.42 Å². The quantitative estimate of drug-likeness (QED) is 0.529. The molecule has 0 spiro atoms. The standard InChI is InChI=1S/C12H19NO3/c1-3-4-5-6-7-10(12(14)15-2)11-8-9-13-16-11/h8-10H,3-7H2,1-2H3/t10-/m1/s1. The molecule has 1 rings (SSSR count). The zero-order chi connectivity index (χ0) is 11.8. The molecule has 0 saturated carbocycles. The van der Waals surface area contributed by atoms with E-state index in [4.69, 9.17) is 9.26 Å².